The summed E-state index contributed by atoms with van der Waals surface area (Å²) in [6, 6.07) is 1.15. The van der Waals surface area contributed by atoms with Crippen molar-refractivity contribution in [2.45, 2.75) is 19.4 Å². The molecule has 0 saturated carbocycles. The smallest absolute Gasteiger partial charge is 0.311 e. The monoisotopic (exact) mass is 227 g/mol. The minimum absolute atomic E-state index is 0.241. The van der Waals surface area contributed by atoms with Crippen LogP contribution in [0.4, 0.5) is 4.39 Å². The molecule has 0 aliphatic rings. The normalized spacial score (nSPS) is 16.3. The van der Waals surface area contributed by atoms with E-state index in [1.807, 2.05) is 0 Å². The van der Waals surface area contributed by atoms with Gasteiger partial charge >= 0.3 is 5.97 Å². The Morgan fingerprint density at radius 3 is 2.75 bits per heavy atom. The largest absolute Gasteiger partial charge is 0.469 e. The summed E-state index contributed by atoms with van der Waals surface area (Å²) in [6.45, 7) is 2.93. The Balaban J connectivity index is 3.05. The molecule has 0 aliphatic heterocycles. The van der Waals surface area contributed by atoms with Gasteiger partial charge in [0.1, 0.15) is 11.4 Å². The van der Waals surface area contributed by atoms with E-state index in [1.165, 1.54) is 27.2 Å². The number of ether oxygens (including phenoxy) is 1. The van der Waals surface area contributed by atoms with E-state index in [9.17, 15) is 14.3 Å². The van der Waals surface area contributed by atoms with Gasteiger partial charge in [-0.1, -0.05) is 0 Å². The zero-order chi connectivity index (χ0) is 12.3. The number of nitrogens with zero attached hydrogens (tertiary/aromatic N) is 1. The number of carbonyl (C=O) groups excluding carboxylic acids is 1. The second-order valence-electron chi connectivity index (χ2n) is 3.78. The lowest BCUT2D eigenvalue weighted by Gasteiger charge is -2.28. The Bertz CT molecular complexity index is 393. The summed E-state index contributed by atoms with van der Waals surface area (Å²) in [5.41, 5.74) is -1.27. The van der Waals surface area contributed by atoms with Gasteiger partial charge in [0.05, 0.1) is 19.2 Å². The van der Waals surface area contributed by atoms with Crippen LogP contribution < -0.4 is 0 Å². The van der Waals surface area contributed by atoms with Crippen molar-refractivity contribution < 1.29 is 19.0 Å². The first-order valence-electron chi connectivity index (χ1n) is 4.80. The zero-order valence-corrected chi connectivity index (χ0v) is 9.40. The van der Waals surface area contributed by atoms with Crippen LogP contribution in [0.2, 0.25) is 0 Å². The predicted octanol–water partition coefficient (Wildman–Crippen LogP) is 1.24. The van der Waals surface area contributed by atoms with Gasteiger partial charge in [0.25, 0.3) is 0 Å². The molecule has 2 unspecified atom stereocenters. The summed E-state index contributed by atoms with van der Waals surface area (Å²) < 4.78 is 17.5. The van der Waals surface area contributed by atoms with Crippen LogP contribution >= 0.6 is 0 Å². The maximum absolute atomic E-state index is 13.0. The van der Waals surface area contributed by atoms with Crippen LogP contribution in [0.3, 0.4) is 0 Å². The summed E-state index contributed by atoms with van der Waals surface area (Å²) in [7, 11) is 1.23. The number of esters is 1. The van der Waals surface area contributed by atoms with Gasteiger partial charge in [-0.3, -0.25) is 9.78 Å². The molecule has 0 fully saturated rings. The van der Waals surface area contributed by atoms with Gasteiger partial charge in [-0.15, -0.1) is 0 Å². The lowest BCUT2D eigenvalue weighted by atomic mass is 9.85. The van der Waals surface area contributed by atoms with E-state index in [0.29, 0.717) is 0 Å². The Morgan fingerprint density at radius 1 is 1.62 bits per heavy atom. The molecule has 0 radical (unpaired) electrons. The summed E-state index contributed by atoms with van der Waals surface area (Å²) in [4.78, 5) is 15.0. The second kappa shape index (κ2) is 4.57. The predicted molar refractivity (Wildman–Crippen MR) is 54.9 cm³/mol. The molecule has 0 bridgehead atoms. The number of methoxy groups -OCH3 is 1. The molecule has 16 heavy (non-hydrogen) atoms. The fraction of sp³-hybridized carbons (Fsp3) is 0.455. The Labute approximate surface area is 93.1 Å². The number of rotatable bonds is 3. The highest BCUT2D eigenvalue weighted by atomic mass is 19.1. The molecule has 1 aromatic rings. The van der Waals surface area contributed by atoms with Crippen molar-refractivity contribution in [2.75, 3.05) is 7.11 Å². The third-order valence-corrected chi connectivity index (χ3v) is 2.69. The van der Waals surface area contributed by atoms with Crippen molar-refractivity contribution in [1.82, 2.24) is 4.98 Å². The Morgan fingerprint density at radius 2 is 2.25 bits per heavy atom. The molecule has 1 aromatic heterocycles. The van der Waals surface area contributed by atoms with E-state index in [-0.39, 0.29) is 5.56 Å². The molecule has 0 spiro atoms. The molecule has 0 aromatic carbocycles. The number of hydrogen-bond donors (Lipinski definition) is 1. The second-order valence-corrected chi connectivity index (χ2v) is 3.78. The Hall–Kier alpha value is -1.49. The van der Waals surface area contributed by atoms with Crippen LogP contribution in [0, 0.1) is 11.7 Å². The number of carbonyl (C=O) groups is 1. The van der Waals surface area contributed by atoms with Gasteiger partial charge in [-0.05, 0) is 19.9 Å². The molecule has 2 atom stereocenters. The van der Waals surface area contributed by atoms with E-state index in [4.69, 9.17) is 0 Å². The highest BCUT2D eigenvalue weighted by molar-refractivity contribution is 5.73. The number of halogens is 1. The molecular formula is C11H14FNO3. The van der Waals surface area contributed by atoms with E-state index >= 15 is 0 Å². The minimum Gasteiger partial charge on any atom is -0.469 e. The van der Waals surface area contributed by atoms with Crippen molar-refractivity contribution in [3.05, 3.63) is 29.8 Å². The van der Waals surface area contributed by atoms with Gasteiger partial charge in [0, 0.05) is 11.8 Å². The van der Waals surface area contributed by atoms with Crippen molar-refractivity contribution in [3.63, 3.8) is 0 Å². The van der Waals surface area contributed by atoms with Gasteiger partial charge in [-0.25, -0.2) is 4.39 Å². The summed E-state index contributed by atoms with van der Waals surface area (Å²) in [6.07, 6.45) is 2.35. The van der Waals surface area contributed by atoms with Crippen molar-refractivity contribution >= 4 is 5.97 Å². The first-order chi connectivity index (χ1) is 7.39. The fourth-order valence-corrected chi connectivity index (χ4v) is 1.34. The topological polar surface area (TPSA) is 59.4 Å². The average Bonchev–Trinajstić information content (AvgIpc) is 2.27. The minimum atomic E-state index is -1.51. The molecule has 1 rings (SSSR count). The van der Waals surface area contributed by atoms with Crippen LogP contribution in [0.5, 0.6) is 0 Å². The lowest BCUT2D eigenvalue weighted by molar-refractivity contribution is -0.154. The van der Waals surface area contributed by atoms with Gasteiger partial charge < -0.3 is 9.84 Å². The van der Waals surface area contributed by atoms with Crippen molar-refractivity contribution in [2.24, 2.45) is 5.92 Å². The van der Waals surface area contributed by atoms with Crippen LogP contribution in [0.15, 0.2) is 18.5 Å². The fourth-order valence-electron chi connectivity index (χ4n) is 1.34. The number of hydrogen-bond acceptors (Lipinski definition) is 4. The molecular weight excluding hydrogens is 213 g/mol. The first kappa shape index (κ1) is 12.6. The van der Waals surface area contributed by atoms with E-state index < -0.39 is 23.3 Å². The third kappa shape index (κ3) is 2.36. The lowest BCUT2D eigenvalue weighted by Crippen LogP contribution is -2.36. The average molecular weight is 227 g/mol. The summed E-state index contributed by atoms with van der Waals surface area (Å²) >= 11 is 0. The van der Waals surface area contributed by atoms with Crippen LogP contribution in [-0.4, -0.2) is 23.2 Å². The van der Waals surface area contributed by atoms with Crippen LogP contribution in [-0.2, 0) is 15.1 Å². The van der Waals surface area contributed by atoms with Crippen LogP contribution in [0.1, 0.15) is 19.4 Å². The number of pyridine rings is 1. The molecule has 0 saturated heterocycles. The van der Waals surface area contributed by atoms with Crippen molar-refractivity contribution in [3.8, 4) is 0 Å². The summed E-state index contributed by atoms with van der Waals surface area (Å²) in [5, 5.41) is 10.2. The quantitative estimate of drug-likeness (QED) is 0.789. The number of aromatic nitrogens is 1. The number of aliphatic hydroxyl groups is 1. The molecule has 1 N–H and O–H groups in total. The SMILES string of the molecule is COC(=O)C(C)C(C)(O)c1cncc(F)c1. The molecule has 1 heterocycles. The summed E-state index contributed by atoms with van der Waals surface area (Å²) in [5.74, 6) is -1.93. The Kier molecular flexibility index (Phi) is 3.59. The maximum atomic E-state index is 13.0. The van der Waals surface area contributed by atoms with E-state index in [0.717, 1.165) is 12.3 Å². The van der Waals surface area contributed by atoms with Gasteiger partial charge in [0.2, 0.25) is 0 Å². The standard InChI is InChI=1S/C11H14FNO3/c1-7(10(14)16-3)11(2,15)8-4-9(12)6-13-5-8/h4-7,15H,1-3H3. The molecule has 0 amide bonds. The highest BCUT2D eigenvalue weighted by Gasteiger charge is 2.36. The first-order valence-corrected chi connectivity index (χ1v) is 4.80. The van der Waals surface area contributed by atoms with Crippen LogP contribution in [0.25, 0.3) is 0 Å². The molecule has 88 valence electrons. The van der Waals surface area contributed by atoms with Gasteiger partial charge in [-0.2, -0.15) is 0 Å². The van der Waals surface area contributed by atoms with Crippen molar-refractivity contribution in [1.29, 1.82) is 0 Å². The van der Waals surface area contributed by atoms with Gasteiger partial charge in [0.15, 0.2) is 0 Å². The van der Waals surface area contributed by atoms with E-state index in [1.54, 1.807) is 0 Å². The third-order valence-electron chi connectivity index (χ3n) is 2.69. The maximum Gasteiger partial charge on any atom is 0.311 e. The molecule has 4 nitrogen and oxygen atoms in total. The molecule has 0 aliphatic carbocycles. The van der Waals surface area contributed by atoms with E-state index in [2.05, 4.69) is 9.72 Å². The highest BCUT2D eigenvalue weighted by Crippen LogP contribution is 2.29. The molecule has 5 heteroatoms. The zero-order valence-electron chi connectivity index (χ0n) is 9.40.